The van der Waals surface area contributed by atoms with Crippen molar-refractivity contribution in [2.24, 2.45) is 17.6 Å². The van der Waals surface area contributed by atoms with Crippen LogP contribution in [0.1, 0.15) is 64.2 Å². The lowest BCUT2D eigenvalue weighted by Crippen LogP contribution is -2.46. The molecule has 2 saturated carbocycles. The molecular weight excluding hydrogens is 196 g/mol. The van der Waals surface area contributed by atoms with E-state index < -0.39 is 0 Å². The van der Waals surface area contributed by atoms with Gasteiger partial charge in [0.2, 0.25) is 0 Å². The number of rotatable bonds is 4. The van der Waals surface area contributed by atoms with Crippen LogP contribution in [-0.2, 0) is 0 Å². The minimum Gasteiger partial charge on any atom is -0.318 e. The summed E-state index contributed by atoms with van der Waals surface area (Å²) in [7, 11) is 0. The molecule has 0 atom stereocenters. The second kappa shape index (κ2) is 6.61. The van der Waals surface area contributed by atoms with Crippen LogP contribution < -0.4 is 11.1 Å². The van der Waals surface area contributed by atoms with Gasteiger partial charge in [0.15, 0.2) is 0 Å². The van der Waals surface area contributed by atoms with Gasteiger partial charge in [-0.25, -0.2) is 0 Å². The summed E-state index contributed by atoms with van der Waals surface area (Å²) >= 11 is 0. The third kappa shape index (κ3) is 3.21. The lowest BCUT2D eigenvalue weighted by molar-refractivity contribution is 0.173. The van der Waals surface area contributed by atoms with Gasteiger partial charge >= 0.3 is 0 Å². The van der Waals surface area contributed by atoms with Gasteiger partial charge in [0.05, 0.1) is 0 Å². The number of hydrogen-bond acceptors (Lipinski definition) is 2. The SMILES string of the molecule is NCNC(C1CCCCC1)C1CCCCC1. The van der Waals surface area contributed by atoms with Crippen molar-refractivity contribution in [3.63, 3.8) is 0 Å². The molecule has 0 unspecified atom stereocenters. The first-order valence-electron chi connectivity index (χ1n) is 7.35. The Morgan fingerprint density at radius 1 is 0.812 bits per heavy atom. The molecule has 2 aliphatic carbocycles. The molecule has 94 valence electrons. The maximum Gasteiger partial charge on any atom is 0.0431 e. The highest BCUT2D eigenvalue weighted by Crippen LogP contribution is 2.35. The van der Waals surface area contributed by atoms with Crippen LogP contribution in [0.2, 0.25) is 0 Å². The fraction of sp³-hybridized carbons (Fsp3) is 1.00. The minimum absolute atomic E-state index is 0.664. The number of nitrogens with two attached hydrogens (primary N) is 1. The van der Waals surface area contributed by atoms with Gasteiger partial charge in [0.25, 0.3) is 0 Å². The van der Waals surface area contributed by atoms with E-state index in [0.29, 0.717) is 6.67 Å². The topological polar surface area (TPSA) is 38.0 Å². The lowest BCUT2D eigenvalue weighted by atomic mass is 9.74. The fourth-order valence-corrected chi connectivity index (χ4v) is 3.84. The van der Waals surface area contributed by atoms with Crippen molar-refractivity contribution >= 4 is 0 Å². The third-order valence-electron chi connectivity index (χ3n) is 4.67. The predicted molar refractivity (Wildman–Crippen MR) is 69.1 cm³/mol. The maximum atomic E-state index is 5.73. The van der Waals surface area contributed by atoms with Gasteiger partial charge in [-0.3, -0.25) is 0 Å². The van der Waals surface area contributed by atoms with Crippen molar-refractivity contribution in [1.29, 1.82) is 0 Å². The molecule has 0 aromatic rings. The van der Waals surface area contributed by atoms with E-state index in [1.54, 1.807) is 0 Å². The summed E-state index contributed by atoms with van der Waals surface area (Å²) in [5.41, 5.74) is 5.73. The molecule has 0 aliphatic heterocycles. The first kappa shape index (κ1) is 12.4. The largest absolute Gasteiger partial charge is 0.318 e. The summed E-state index contributed by atoms with van der Waals surface area (Å²) in [5.74, 6) is 1.83. The number of nitrogens with one attached hydrogen (secondary N) is 1. The van der Waals surface area contributed by atoms with Gasteiger partial charge in [-0.2, -0.15) is 0 Å². The molecular formula is C14H28N2. The van der Waals surface area contributed by atoms with E-state index in [1.165, 1.54) is 64.2 Å². The highest BCUT2D eigenvalue weighted by Gasteiger charge is 2.30. The summed E-state index contributed by atoms with van der Waals surface area (Å²) in [6.07, 6.45) is 14.4. The zero-order valence-corrected chi connectivity index (χ0v) is 10.6. The Hall–Kier alpha value is -0.0800. The smallest absolute Gasteiger partial charge is 0.0431 e. The Bertz CT molecular complexity index is 163. The summed E-state index contributed by atoms with van der Waals surface area (Å²) < 4.78 is 0. The molecule has 0 aromatic heterocycles. The first-order valence-corrected chi connectivity index (χ1v) is 7.35. The van der Waals surface area contributed by atoms with E-state index in [9.17, 15) is 0 Å². The van der Waals surface area contributed by atoms with Gasteiger partial charge < -0.3 is 11.1 Å². The molecule has 2 aliphatic rings. The molecule has 0 spiro atoms. The van der Waals surface area contributed by atoms with Crippen LogP contribution in [0.15, 0.2) is 0 Å². The van der Waals surface area contributed by atoms with E-state index in [2.05, 4.69) is 5.32 Å². The first-order chi connectivity index (χ1) is 7.92. The fourth-order valence-electron chi connectivity index (χ4n) is 3.84. The van der Waals surface area contributed by atoms with Crippen molar-refractivity contribution < 1.29 is 0 Å². The molecule has 2 rings (SSSR count). The van der Waals surface area contributed by atoms with Crippen molar-refractivity contribution in [2.75, 3.05) is 6.67 Å². The Balaban J connectivity index is 1.91. The van der Waals surface area contributed by atoms with Crippen LogP contribution in [0, 0.1) is 11.8 Å². The van der Waals surface area contributed by atoms with E-state index in [1.807, 2.05) is 0 Å². The number of hydrogen-bond donors (Lipinski definition) is 2. The zero-order chi connectivity index (χ0) is 11.2. The molecule has 0 aromatic carbocycles. The Morgan fingerprint density at radius 2 is 1.25 bits per heavy atom. The average Bonchev–Trinajstić information content (AvgIpc) is 2.38. The van der Waals surface area contributed by atoms with E-state index >= 15 is 0 Å². The van der Waals surface area contributed by atoms with Crippen LogP contribution in [0.4, 0.5) is 0 Å². The molecule has 0 amide bonds. The molecule has 2 nitrogen and oxygen atoms in total. The average molecular weight is 224 g/mol. The predicted octanol–water partition coefficient (Wildman–Crippen LogP) is 3.02. The lowest BCUT2D eigenvalue weighted by Gasteiger charge is -2.38. The molecule has 0 radical (unpaired) electrons. The van der Waals surface area contributed by atoms with Crippen LogP contribution in [0.5, 0.6) is 0 Å². The summed E-state index contributed by atoms with van der Waals surface area (Å²) in [6, 6.07) is 0.727. The van der Waals surface area contributed by atoms with Gasteiger partial charge in [0.1, 0.15) is 0 Å². The van der Waals surface area contributed by atoms with Gasteiger partial charge in [-0.1, -0.05) is 38.5 Å². The second-order valence-electron chi connectivity index (χ2n) is 5.73. The van der Waals surface area contributed by atoms with Crippen LogP contribution in [0.25, 0.3) is 0 Å². The maximum absolute atomic E-state index is 5.73. The molecule has 2 fully saturated rings. The highest BCUT2D eigenvalue weighted by molar-refractivity contribution is 4.86. The third-order valence-corrected chi connectivity index (χ3v) is 4.67. The zero-order valence-electron chi connectivity index (χ0n) is 10.6. The molecule has 0 bridgehead atoms. The van der Waals surface area contributed by atoms with Crippen molar-refractivity contribution in [3.05, 3.63) is 0 Å². The molecule has 0 saturated heterocycles. The molecule has 16 heavy (non-hydrogen) atoms. The van der Waals surface area contributed by atoms with E-state index in [0.717, 1.165) is 17.9 Å². The Labute approximate surface area is 100 Å². The summed E-state index contributed by atoms with van der Waals surface area (Å²) in [5, 5.41) is 3.60. The highest BCUT2D eigenvalue weighted by atomic mass is 15.0. The second-order valence-corrected chi connectivity index (χ2v) is 5.73. The summed E-state index contributed by atoms with van der Waals surface area (Å²) in [6.45, 7) is 0.664. The van der Waals surface area contributed by atoms with Gasteiger partial charge in [-0.05, 0) is 37.5 Å². The Kier molecular flexibility index (Phi) is 5.11. The van der Waals surface area contributed by atoms with Crippen molar-refractivity contribution in [1.82, 2.24) is 5.32 Å². The van der Waals surface area contributed by atoms with Crippen LogP contribution in [0.3, 0.4) is 0 Å². The molecule has 0 heterocycles. The van der Waals surface area contributed by atoms with E-state index in [-0.39, 0.29) is 0 Å². The molecule has 3 N–H and O–H groups in total. The van der Waals surface area contributed by atoms with Crippen molar-refractivity contribution in [2.45, 2.75) is 70.3 Å². The van der Waals surface area contributed by atoms with Gasteiger partial charge in [0, 0.05) is 12.7 Å². The van der Waals surface area contributed by atoms with Gasteiger partial charge in [-0.15, -0.1) is 0 Å². The van der Waals surface area contributed by atoms with E-state index in [4.69, 9.17) is 5.73 Å². The monoisotopic (exact) mass is 224 g/mol. The standard InChI is InChI=1S/C14H28N2/c15-11-16-14(12-7-3-1-4-8-12)13-9-5-2-6-10-13/h12-14,16H,1-11,15H2. The Morgan fingerprint density at radius 3 is 1.62 bits per heavy atom. The normalized spacial score (nSPS) is 25.1. The van der Waals surface area contributed by atoms with Crippen LogP contribution >= 0.6 is 0 Å². The molecule has 2 heteroatoms. The van der Waals surface area contributed by atoms with Crippen molar-refractivity contribution in [3.8, 4) is 0 Å². The van der Waals surface area contributed by atoms with Crippen LogP contribution in [-0.4, -0.2) is 12.7 Å². The quantitative estimate of drug-likeness (QED) is 0.720. The summed E-state index contributed by atoms with van der Waals surface area (Å²) in [4.78, 5) is 0. The minimum atomic E-state index is 0.664.